The maximum absolute atomic E-state index is 12.7. The average molecular weight is 473 g/mol. The summed E-state index contributed by atoms with van der Waals surface area (Å²) in [6, 6.07) is -5.73. The third-order valence-electron chi connectivity index (χ3n) is 4.39. The number of hydrogen-bond donors (Lipinski definition) is 8. The lowest BCUT2D eigenvalue weighted by molar-refractivity contribution is -0.144. The van der Waals surface area contributed by atoms with Crippen LogP contribution in [0.25, 0.3) is 0 Å². The van der Waals surface area contributed by atoms with Crippen molar-refractivity contribution in [2.24, 2.45) is 28.9 Å². The third kappa shape index (κ3) is 11.4. The molecule has 4 atom stereocenters. The molecule has 0 aliphatic carbocycles. The molecule has 0 rings (SSSR count). The van der Waals surface area contributed by atoms with Gasteiger partial charge in [0.25, 0.3) is 0 Å². The van der Waals surface area contributed by atoms with E-state index in [1.54, 1.807) is 13.8 Å². The summed E-state index contributed by atoms with van der Waals surface area (Å²) in [5, 5.41) is 15.6. The van der Waals surface area contributed by atoms with Crippen LogP contribution in [0.3, 0.4) is 0 Å². The molecule has 0 aromatic carbocycles. The minimum atomic E-state index is -1.73. The van der Waals surface area contributed by atoms with E-state index < -0.39 is 78.4 Å². The van der Waals surface area contributed by atoms with Crippen molar-refractivity contribution in [2.45, 2.75) is 63.7 Å². The summed E-state index contributed by atoms with van der Waals surface area (Å²) < 4.78 is 0. The number of primary amides is 3. The highest BCUT2D eigenvalue weighted by atomic mass is 16.4. The lowest BCUT2D eigenvalue weighted by Gasteiger charge is -2.25. The molecular weight excluding hydrogens is 442 g/mol. The number of amides is 6. The van der Waals surface area contributed by atoms with Gasteiger partial charge in [0, 0.05) is 6.42 Å². The molecule has 0 bridgehead atoms. The molecule has 0 heterocycles. The number of rotatable bonds is 15. The number of hydrogen-bond acceptors (Lipinski definition) is 8. The lowest BCUT2D eigenvalue weighted by Crippen LogP contribution is -2.58. The van der Waals surface area contributed by atoms with Crippen LogP contribution in [-0.4, -0.2) is 70.7 Å². The standard InChI is InChI=1S/C18H31N7O8/c1-7(2)14(22)17(31)23-8(3-4-11(19)26)15(29)24-9(5-12(20)27)16(30)25-10(18(32)33)6-13(21)28/h7-10,14H,3-6,22H2,1-2H3,(H2,19,26)(H2,20,27)(H2,21,28)(H,23,31)(H,24,29)(H,25,30)(H,32,33). The van der Waals surface area contributed by atoms with Gasteiger partial charge >= 0.3 is 5.97 Å². The number of aliphatic carboxylic acids is 1. The molecule has 0 aliphatic rings. The average Bonchev–Trinajstić information content (AvgIpc) is 2.67. The molecule has 4 unspecified atom stereocenters. The Morgan fingerprint density at radius 2 is 1.12 bits per heavy atom. The van der Waals surface area contributed by atoms with Crippen LogP contribution in [0.1, 0.15) is 39.5 Å². The summed E-state index contributed by atoms with van der Waals surface area (Å²) in [6.07, 6.45) is -2.03. The molecule has 0 saturated heterocycles. The first-order valence-corrected chi connectivity index (χ1v) is 9.90. The fourth-order valence-electron chi connectivity index (χ4n) is 2.48. The second-order valence-corrected chi connectivity index (χ2v) is 7.64. The van der Waals surface area contributed by atoms with Gasteiger partial charge in [0.15, 0.2) is 0 Å². The first-order valence-electron chi connectivity index (χ1n) is 9.90. The minimum absolute atomic E-state index is 0.248. The van der Waals surface area contributed by atoms with E-state index >= 15 is 0 Å². The first kappa shape index (κ1) is 29.2. The SMILES string of the molecule is CC(C)C(N)C(=O)NC(CCC(N)=O)C(=O)NC(CC(N)=O)C(=O)NC(CC(N)=O)C(=O)O. The summed E-state index contributed by atoms with van der Waals surface area (Å²) in [6.45, 7) is 3.34. The number of carbonyl (C=O) groups is 7. The summed E-state index contributed by atoms with van der Waals surface area (Å²) in [5.41, 5.74) is 20.9. The van der Waals surface area contributed by atoms with E-state index in [0.29, 0.717) is 0 Å². The van der Waals surface area contributed by atoms with E-state index in [4.69, 9.17) is 28.0 Å². The number of carboxylic acids is 1. The Morgan fingerprint density at radius 1 is 0.697 bits per heavy atom. The highest BCUT2D eigenvalue weighted by molar-refractivity contribution is 5.97. The highest BCUT2D eigenvalue weighted by Crippen LogP contribution is 2.04. The summed E-state index contributed by atoms with van der Waals surface area (Å²) >= 11 is 0. The van der Waals surface area contributed by atoms with Gasteiger partial charge in [-0.05, 0) is 12.3 Å². The molecule has 0 fully saturated rings. The molecule has 15 nitrogen and oxygen atoms in total. The fraction of sp³-hybridized carbons (Fsp3) is 0.611. The van der Waals surface area contributed by atoms with Crippen LogP contribution in [0.15, 0.2) is 0 Å². The van der Waals surface area contributed by atoms with Gasteiger partial charge in [-0.15, -0.1) is 0 Å². The van der Waals surface area contributed by atoms with Crippen LogP contribution in [0, 0.1) is 5.92 Å². The molecular formula is C18H31N7O8. The van der Waals surface area contributed by atoms with Crippen molar-refractivity contribution in [3.05, 3.63) is 0 Å². The summed E-state index contributed by atoms with van der Waals surface area (Å²) in [4.78, 5) is 82.3. The van der Waals surface area contributed by atoms with Crippen molar-refractivity contribution < 1.29 is 38.7 Å². The Morgan fingerprint density at radius 3 is 1.55 bits per heavy atom. The van der Waals surface area contributed by atoms with E-state index in [0.717, 1.165) is 0 Å². The quantitative estimate of drug-likeness (QED) is 0.114. The molecule has 0 aromatic heterocycles. The molecule has 6 amide bonds. The molecule has 0 aromatic rings. The van der Waals surface area contributed by atoms with Gasteiger partial charge in [-0.3, -0.25) is 28.8 Å². The van der Waals surface area contributed by atoms with E-state index in [1.807, 2.05) is 5.32 Å². The fourth-order valence-corrected chi connectivity index (χ4v) is 2.48. The molecule has 186 valence electrons. The Labute approximate surface area is 189 Å². The second kappa shape index (κ2) is 13.6. The van der Waals surface area contributed by atoms with Crippen LogP contribution in [-0.2, 0) is 33.6 Å². The molecule has 33 heavy (non-hydrogen) atoms. The maximum Gasteiger partial charge on any atom is 0.326 e. The van der Waals surface area contributed by atoms with E-state index in [1.165, 1.54) is 0 Å². The molecule has 0 radical (unpaired) electrons. The molecule has 15 heteroatoms. The number of carbonyl (C=O) groups excluding carboxylic acids is 6. The zero-order chi connectivity index (χ0) is 25.9. The van der Waals surface area contributed by atoms with Crippen LogP contribution < -0.4 is 38.9 Å². The molecule has 0 spiro atoms. The predicted molar refractivity (Wildman–Crippen MR) is 112 cm³/mol. The normalized spacial score (nSPS) is 14.3. The van der Waals surface area contributed by atoms with Crippen molar-refractivity contribution in [2.75, 3.05) is 0 Å². The monoisotopic (exact) mass is 473 g/mol. The Kier molecular flexibility index (Phi) is 12.1. The first-order chi connectivity index (χ1) is 15.1. The van der Waals surface area contributed by atoms with E-state index in [-0.39, 0.29) is 18.8 Å². The molecule has 0 saturated carbocycles. The Balaban J connectivity index is 5.61. The summed E-state index contributed by atoms with van der Waals surface area (Å²) in [7, 11) is 0. The van der Waals surface area contributed by atoms with Crippen LogP contribution >= 0.6 is 0 Å². The zero-order valence-electron chi connectivity index (χ0n) is 18.3. The van der Waals surface area contributed by atoms with Gasteiger partial charge in [0.05, 0.1) is 18.9 Å². The predicted octanol–water partition coefficient (Wildman–Crippen LogP) is -4.48. The maximum atomic E-state index is 12.7. The Bertz CT molecular complexity index is 786. The zero-order valence-corrected chi connectivity index (χ0v) is 18.3. The lowest BCUT2D eigenvalue weighted by atomic mass is 10.0. The van der Waals surface area contributed by atoms with E-state index in [9.17, 15) is 33.6 Å². The van der Waals surface area contributed by atoms with E-state index in [2.05, 4.69) is 10.6 Å². The number of nitrogens with one attached hydrogen (secondary N) is 3. The van der Waals surface area contributed by atoms with Crippen LogP contribution in [0.2, 0.25) is 0 Å². The minimum Gasteiger partial charge on any atom is -0.480 e. The largest absolute Gasteiger partial charge is 0.480 e. The number of nitrogens with two attached hydrogens (primary N) is 4. The van der Waals surface area contributed by atoms with Crippen molar-refractivity contribution >= 4 is 41.4 Å². The smallest absolute Gasteiger partial charge is 0.326 e. The van der Waals surface area contributed by atoms with Crippen molar-refractivity contribution in [3.8, 4) is 0 Å². The number of carboxylic acid groups (broad SMARTS) is 1. The van der Waals surface area contributed by atoms with Crippen LogP contribution in [0.5, 0.6) is 0 Å². The van der Waals surface area contributed by atoms with Crippen molar-refractivity contribution in [3.63, 3.8) is 0 Å². The second-order valence-electron chi connectivity index (χ2n) is 7.64. The van der Waals surface area contributed by atoms with Gasteiger partial charge < -0.3 is 44.0 Å². The van der Waals surface area contributed by atoms with Crippen molar-refractivity contribution in [1.82, 2.24) is 16.0 Å². The molecule has 12 N–H and O–H groups in total. The molecule has 0 aliphatic heterocycles. The van der Waals surface area contributed by atoms with Gasteiger partial charge in [0.1, 0.15) is 18.1 Å². The van der Waals surface area contributed by atoms with Gasteiger partial charge in [0.2, 0.25) is 35.4 Å². The van der Waals surface area contributed by atoms with Crippen molar-refractivity contribution in [1.29, 1.82) is 0 Å². The topological polar surface area (TPSA) is 280 Å². The van der Waals surface area contributed by atoms with Gasteiger partial charge in [-0.2, -0.15) is 0 Å². The third-order valence-corrected chi connectivity index (χ3v) is 4.39. The van der Waals surface area contributed by atoms with Crippen LogP contribution in [0.4, 0.5) is 0 Å². The van der Waals surface area contributed by atoms with Gasteiger partial charge in [-0.1, -0.05) is 13.8 Å². The summed E-state index contributed by atoms with van der Waals surface area (Å²) in [5.74, 6) is -7.50. The van der Waals surface area contributed by atoms with Gasteiger partial charge in [-0.25, -0.2) is 4.79 Å². The Hall–Kier alpha value is -3.75. The highest BCUT2D eigenvalue weighted by Gasteiger charge is 2.32.